The Morgan fingerprint density at radius 1 is 1.40 bits per heavy atom. The molecule has 0 aliphatic heterocycles. The first kappa shape index (κ1) is 11.9. The molecule has 0 spiro atoms. The van der Waals surface area contributed by atoms with Gasteiger partial charge in [-0.2, -0.15) is 5.10 Å². The first-order valence-electron chi connectivity index (χ1n) is 5.42. The molecular formula is C11H20N4. The first-order chi connectivity index (χ1) is 7.17. The molecule has 0 radical (unpaired) electrons. The minimum atomic E-state index is 0.480. The Hall–Kier alpha value is -1.16. The number of hydrogen-bond donors (Lipinski definition) is 1. The molecule has 1 heterocycles. The summed E-state index contributed by atoms with van der Waals surface area (Å²) in [6.45, 7) is 8.77. The van der Waals surface area contributed by atoms with Crippen molar-refractivity contribution in [2.24, 2.45) is 11.7 Å². The molecule has 1 aromatic heterocycles. The van der Waals surface area contributed by atoms with Gasteiger partial charge in [-0.05, 0) is 38.4 Å². The van der Waals surface area contributed by atoms with E-state index in [9.17, 15) is 0 Å². The monoisotopic (exact) mass is 208 g/mol. The lowest BCUT2D eigenvalue weighted by molar-refractivity contribution is 0.571. The van der Waals surface area contributed by atoms with E-state index in [-0.39, 0.29) is 0 Å². The predicted molar refractivity (Wildman–Crippen MR) is 62.9 cm³/mol. The highest BCUT2D eigenvalue weighted by atomic mass is 15.3. The zero-order valence-electron chi connectivity index (χ0n) is 9.77. The van der Waals surface area contributed by atoms with Gasteiger partial charge in [0.1, 0.15) is 0 Å². The van der Waals surface area contributed by atoms with Gasteiger partial charge in [0.25, 0.3) is 0 Å². The molecule has 1 unspecified atom stereocenters. The van der Waals surface area contributed by atoms with E-state index >= 15 is 0 Å². The van der Waals surface area contributed by atoms with Crippen molar-refractivity contribution in [3.05, 3.63) is 17.8 Å². The van der Waals surface area contributed by atoms with Gasteiger partial charge in [0.05, 0.1) is 5.69 Å². The van der Waals surface area contributed by atoms with Crippen molar-refractivity contribution in [3.8, 4) is 0 Å². The molecule has 1 aromatic rings. The van der Waals surface area contributed by atoms with Crippen LogP contribution in [0.4, 0.5) is 5.82 Å². The molecule has 1 atom stereocenters. The highest BCUT2D eigenvalue weighted by Gasteiger charge is 2.09. The number of hydrogen-bond acceptors (Lipinski definition) is 4. The summed E-state index contributed by atoms with van der Waals surface area (Å²) >= 11 is 0. The van der Waals surface area contributed by atoms with Crippen molar-refractivity contribution in [1.82, 2.24) is 10.2 Å². The maximum atomic E-state index is 5.61. The van der Waals surface area contributed by atoms with E-state index in [2.05, 4.69) is 28.9 Å². The quantitative estimate of drug-likeness (QED) is 0.790. The third-order valence-corrected chi connectivity index (χ3v) is 2.42. The lowest BCUT2D eigenvalue weighted by Gasteiger charge is -2.24. The topological polar surface area (TPSA) is 55.0 Å². The van der Waals surface area contributed by atoms with Crippen molar-refractivity contribution in [2.75, 3.05) is 24.5 Å². The molecule has 4 heteroatoms. The second-order valence-corrected chi connectivity index (χ2v) is 3.91. The van der Waals surface area contributed by atoms with Crippen LogP contribution < -0.4 is 10.6 Å². The van der Waals surface area contributed by atoms with Crippen LogP contribution in [0.5, 0.6) is 0 Å². The van der Waals surface area contributed by atoms with Crippen molar-refractivity contribution in [3.63, 3.8) is 0 Å². The van der Waals surface area contributed by atoms with Crippen LogP contribution in [0, 0.1) is 12.8 Å². The zero-order chi connectivity index (χ0) is 11.3. The Balaban J connectivity index is 2.69. The van der Waals surface area contributed by atoms with Crippen molar-refractivity contribution >= 4 is 5.82 Å². The third kappa shape index (κ3) is 3.47. The zero-order valence-corrected chi connectivity index (χ0v) is 9.77. The average molecular weight is 208 g/mol. The van der Waals surface area contributed by atoms with E-state index in [1.807, 2.05) is 19.1 Å². The highest BCUT2D eigenvalue weighted by Crippen LogP contribution is 2.10. The molecule has 4 nitrogen and oxygen atoms in total. The first-order valence-corrected chi connectivity index (χ1v) is 5.42. The number of rotatable bonds is 5. The Bertz CT molecular complexity index is 283. The molecule has 0 amide bonds. The third-order valence-electron chi connectivity index (χ3n) is 2.42. The Labute approximate surface area is 91.5 Å². The summed E-state index contributed by atoms with van der Waals surface area (Å²) in [5, 5.41) is 8.23. The minimum absolute atomic E-state index is 0.480. The summed E-state index contributed by atoms with van der Waals surface area (Å²) < 4.78 is 0. The fraction of sp³-hybridized carbons (Fsp3) is 0.636. The lowest BCUT2D eigenvalue weighted by Crippen LogP contribution is -2.32. The van der Waals surface area contributed by atoms with Crippen LogP contribution in [0.1, 0.15) is 19.5 Å². The lowest BCUT2D eigenvalue weighted by atomic mass is 10.1. The van der Waals surface area contributed by atoms with E-state index in [0.29, 0.717) is 12.5 Å². The summed E-state index contributed by atoms with van der Waals surface area (Å²) in [6, 6.07) is 3.99. The van der Waals surface area contributed by atoms with Gasteiger partial charge in [0, 0.05) is 13.1 Å². The molecule has 15 heavy (non-hydrogen) atoms. The summed E-state index contributed by atoms with van der Waals surface area (Å²) in [6.07, 6.45) is 0. The minimum Gasteiger partial charge on any atom is -0.355 e. The molecule has 0 aliphatic rings. The maximum absolute atomic E-state index is 5.61. The summed E-state index contributed by atoms with van der Waals surface area (Å²) in [5.41, 5.74) is 6.56. The average Bonchev–Trinajstić information content (AvgIpc) is 2.27. The maximum Gasteiger partial charge on any atom is 0.151 e. The Morgan fingerprint density at radius 2 is 2.13 bits per heavy atom. The summed E-state index contributed by atoms with van der Waals surface area (Å²) in [5.74, 6) is 1.41. The molecule has 0 aliphatic carbocycles. The largest absolute Gasteiger partial charge is 0.355 e. The standard InChI is InChI=1S/C11H20N4/c1-4-15(8-9(2)7-12)11-6-5-10(3)13-14-11/h5-6,9H,4,7-8,12H2,1-3H3. The molecule has 2 N–H and O–H groups in total. The fourth-order valence-corrected chi connectivity index (χ4v) is 1.40. The van der Waals surface area contributed by atoms with E-state index < -0.39 is 0 Å². The van der Waals surface area contributed by atoms with Crippen molar-refractivity contribution in [1.29, 1.82) is 0 Å². The van der Waals surface area contributed by atoms with Crippen LogP contribution >= 0.6 is 0 Å². The summed E-state index contributed by atoms with van der Waals surface area (Å²) in [7, 11) is 0. The van der Waals surface area contributed by atoms with Crippen LogP contribution in [0.3, 0.4) is 0 Å². The molecule has 0 saturated heterocycles. The van der Waals surface area contributed by atoms with Crippen LogP contribution in [-0.2, 0) is 0 Å². The molecule has 0 saturated carbocycles. The summed E-state index contributed by atoms with van der Waals surface area (Å²) in [4.78, 5) is 2.20. The van der Waals surface area contributed by atoms with Crippen LogP contribution in [0.25, 0.3) is 0 Å². The molecule has 84 valence electrons. The highest BCUT2D eigenvalue weighted by molar-refractivity contribution is 5.36. The van der Waals surface area contributed by atoms with Gasteiger partial charge < -0.3 is 10.6 Å². The van der Waals surface area contributed by atoms with Crippen LogP contribution in [0.2, 0.25) is 0 Å². The number of nitrogens with zero attached hydrogens (tertiary/aromatic N) is 3. The Kier molecular flexibility index (Phi) is 4.49. The second-order valence-electron chi connectivity index (χ2n) is 3.91. The van der Waals surface area contributed by atoms with Crippen molar-refractivity contribution < 1.29 is 0 Å². The molecule has 0 bridgehead atoms. The van der Waals surface area contributed by atoms with Gasteiger partial charge in [-0.25, -0.2) is 0 Å². The van der Waals surface area contributed by atoms with E-state index in [1.165, 1.54) is 0 Å². The van der Waals surface area contributed by atoms with Crippen LogP contribution in [0.15, 0.2) is 12.1 Å². The van der Waals surface area contributed by atoms with Crippen molar-refractivity contribution in [2.45, 2.75) is 20.8 Å². The van der Waals surface area contributed by atoms with Crippen LogP contribution in [-0.4, -0.2) is 29.8 Å². The fourth-order valence-electron chi connectivity index (χ4n) is 1.40. The van der Waals surface area contributed by atoms with Gasteiger partial charge in [0.15, 0.2) is 5.82 Å². The van der Waals surface area contributed by atoms with Gasteiger partial charge in [-0.15, -0.1) is 5.10 Å². The van der Waals surface area contributed by atoms with E-state index in [4.69, 9.17) is 5.73 Å². The van der Waals surface area contributed by atoms with Gasteiger partial charge in [0.2, 0.25) is 0 Å². The van der Waals surface area contributed by atoms with Gasteiger partial charge >= 0.3 is 0 Å². The number of anilines is 1. The molecular weight excluding hydrogens is 188 g/mol. The number of aryl methyl sites for hydroxylation is 1. The SMILES string of the molecule is CCN(CC(C)CN)c1ccc(C)nn1. The molecule has 1 rings (SSSR count). The normalized spacial score (nSPS) is 12.5. The molecule has 0 fully saturated rings. The van der Waals surface area contributed by atoms with Gasteiger partial charge in [-0.3, -0.25) is 0 Å². The van der Waals surface area contributed by atoms with E-state index in [0.717, 1.165) is 24.6 Å². The van der Waals surface area contributed by atoms with Gasteiger partial charge in [-0.1, -0.05) is 6.92 Å². The second kappa shape index (κ2) is 5.66. The Morgan fingerprint density at radius 3 is 2.60 bits per heavy atom. The molecule has 0 aromatic carbocycles. The smallest absolute Gasteiger partial charge is 0.151 e. The predicted octanol–water partition coefficient (Wildman–Crippen LogP) is 1.21. The number of nitrogens with two attached hydrogens (primary N) is 1. The van der Waals surface area contributed by atoms with E-state index in [1.54, 1.807) is 0 Å². The number of aromatic nitrogens is 2.